The molecule has 0 aromatic heterocycles. The van der Waals surface area contributed by atoms with Crippen molar-refractivity contribution in [2.75, 3.05) is 13.7 Å². The maximum Gasteiger partial charge on any atom is 0.341 e. The quantitative estimate of drug-likeness (QED) is 0.691. The van der Waals surface area contributed by atoms with Gasteiger partial charge in [0.2, 0.25) is 0 Å². The van der Waals surface area contributed by atoms with Crippen LogP contribution in [0.1, 0.15) is 21.5 Å². The monoisotopic (exact) mass is 204 g/mol. The molecule has 0 N–H and O–H groups in total. The minimum atomic E-state index is -0.364. The van der Waals surface area contributed by atoms with Gasteiger partial charge < -0.3 is 9.47 Å². The number of hydrogen-bond acceptors (Lipinski definition) is 3. The van der Waals surface area contributed by atoms with Gasteiger partial charge in [0.15, 0.2) is 0 Å². The molecule has 3 heteroatoms. The molecule has 0 bridgehead atoms. The van der Waals surface area contributed by atoms with Crippen LogP contribution in [0.2, 0.25) is 0 Å². The Morgan fingerprint density at radius 2 is 2.40 bits per heavy atom. The number of ether oxygens (including phenoxy) is 2. The standard InChI is InChI=1S/C12H12O3/c1-3-8-6-9-4-5-15-11(9)10(7-8)12(13)14-2/h3,6-7H,1,4-5H2,2H3. The van der Waals surface area contributed by atoms with E-state index in [0.29, 0.717) is 17.9 Å². The van der Waals surface area contributed by atoms with Crippen molar-refractivity contribution in [3.63, 3.8) is 0 Å². The highest BCUT2D eigenvalue weighted by Gasteiger charge is 2.21. The van der Waals surface area contributed by atoms with Gasteiger partial charge in [0.25, 0.3) is 0 Å². The van der Waals surface area contributed by atoms with Crippen LogP contribution in [0.15, 0.2) is 18.7 Å². The number of carbonyl (C=O) groups is 1. The molecule has 0 spiro atoms. The van der Waals surface area contributed by atoms with Gasteiger partial charge >= 0.3 is 5.97 Å². The van der Waals surface area contributed by atoms with Gasteiger partial charge in [-0.15, -0.1) is 0 Å². The molecule has 0 saturated heterocycles. The average molecular weight is 204 g/mol. The van der Waals surface area contributed by atoms with E-state index in [1.54, 1.807) is 12.1 Å². The number of fused-ring (bicyclic) bond motifs is 1. The average Bonchev–Trinajstić information content (AvgIpc) is 2.74. The predicted molar refractivity (Wildman–Crippen MR) is 57.1 cm³/mol. The molecule has 0 saturated carbocycles. The Morgan fingerprint density at radius 1 is 1.60 bits per heavy atom. The molecule has 15 heavy (non-hydrogen) atoms. The Labute approximate surface area is 88.3 Å². The maximum absolute atomic E-state index is 11.5. The van der Waals surface area contributed by atoms with Gasteiger partial charge in [-0.1, -0.05) is 12.7 Å². The molecular weight excluding hydrogens is 192 g/mol. The molecule has 2 rings (SSSR count). The Bertz CT molecular complexity index is 421. The Morgan fingerprint density at radius 3 is 3.07 bits per heavy atom. The molecule has 1 aliphatic rings. The lowest BCUT2D eigenvalue weighted by Gasteiger charge is -2.07. The number of rotatable bonds is 2. The van der Waals surface area contributed by atoms with Crippen LogP contribution >= 0.6 is 0 Å². The fraction of sp³-hybridized carbons (Fsp3) is 0.250. The molecular formula is C12H12O3. The van der Waals surface area contributed by atoms with Gasteiger partial charge in [-0.05, 0) is 23.3 Å². The smallest absolute Gasteiger partial charge is 0.341 e. The van der Waals surface area contributed by atoms with E-state index in [-0.39, 0.29) is 5.97 Å². The SMILES string of the molecule is C=Cc1cc2c(c(C(=O)OC)c1)OCC2. The normalized spacial score (nSPS) is 12.9. The third kappa shape index (κ3) is 1.61. The van der Waals surface area contributed by atoms with Gasteiger partial charge in [-0.25, -0.2) is 4.79 Å². The highest BCUT2D eigenvalue weighted by Crippen LogP contribution is 2.31. The number of hydrogen-bond donors (Lipinski definition) is 0. The first-order valence-corrected chi connectivity index (χ1v) is 4.76. The molecule has 1 heterocycles. The lowest BCUT2D eigenvalue weighted by molar-refractivity contribution is 0.0597. The summed E-state index contributed by atoms with van der Waals surface area (Å²) in [6, 6.07) is 3.73. The molecule has 1 aromatic carbocycles. The van der Waals surface area contributed by atoms with E-state index in [2.05, 4.69) is 6.58 Å². The van der Waals surface area contributed by atoms with E-state index >= 15 is 0 Å². The summed E-state index contributed by atoms with van der Waals surface area (Å²) in [7, 11) is 1.37. The van der Waals surface area contributed by atoms with Crippen molar-refractivity contribution in [2.45, 2.75) is 6.42 Å². The second-order valence-electron chi connectivity index (χ2n) is 3.35. The van der Waals surface area contributed by atoms with Gasteiger partial charge in [0.05, 0.1) is 13.7 Å². The topological polar surface area (TPSA) is 35.5 Å². The van der Waals surface area contributed by atoms with Crippen LogP contribution < -0.4 is 4.74 Å². The summed E-state index contributed by atoms with van der Waals surface area (Å²) >= 11 is 0. The summed E-state index contributed by atoms with van der Waals surface area (Å²) in [5.74, 6) is 0.296. The zero-order valence-electron chi connectivity index (χ0n) is 8.58. The third-order valence-corrected chi connectivity index (χ3v) is 2.45. The van der Waals surface area contributed by atoms with Gasteiger partial charge in [-0.3, -0.25) is 0 Å². The minimum absolute atomic E-state index is 0.364. The minimum Gasteiger partial charge on any atom is -0.492 e. The molecule has 0 fully saturated rings. The first-order valence-electron chi connectivity index (χ1n) is 4.76. The molecule has 1 aromatic rings. The highest BCUT2D eigenvalue weighted by molar-refractivity contribution is 5.94. The summed E-state index contributed by atoms with van der Waals surface area (Å²) in [6.07, 6.45) is 2.55. The van der Waals surface area contributed by atoms with E-state index in [1.807, 2.05) is 6.07 Å². The van der Waals surface area contributed by atoms with Crippen LogP contribution in [0.3, 0.4) is 0 Å². The highest BCUT2D eigenvalue weighted by atomic mass is 16.5. The van der Waals surface area contributed by atoms with Crippen molar-refractivity contribution in [1.29, 1.82) is 0 Å². The van der Waals surface area contributed by atoms with Crippen molar-refractivity contribution in [1.82, 2.24) is 0 Å². The number of methoxy groups -OCH3 is 1. The van der Waals surface area contributed by atoms with Gasteiger partial charge in [0.1, 0.15) is 11.3 Å². The van der Waals surface area contributed by atoms with E-state index in [1.165, 1.54) is 7.11 Å². The third-order valence-electron chi connectivity index (χ3n) is 2.45. The first-order chi connectivity index (χ1) is 7.26. The Balaban J connectivity index is 2.56. The summed E-state index contributed by atoms with van der Waals surface area (Å²) in [4.78, 5) is 11.5. The summed E-state index contributed by atoms with van der Waals surface area (Å²) < 4.78 is 10.1. The summed E-state index contributed by atoms with van der Waals surface area (Å²) in [5.41, 5.74) is 2.45. The Kier molecular flexibility index (Phi) is 2.46. The van der Waals surface area contributed by atoms with Crippen LogP contribution in [0.5, 0.6) is 5.75 Å². The number of carbonyl (C=O) groups excluding carboxylic acids is 1. The van der Waals surface area contributed by atoms with Crippen molar-refractivity contribution in [3.05, 3.63) is 35.4 Å². The maximum atomic E-state index is 11.5. The van der Waals surface area contributed by atoms with Crippen LogP contribution in [-0.4, -0.2) is 19.7 Å². The van der Waals surface area contributed by atoms with Crippen molar-refractivity contribution in [3.8, 4) is 5.75 Å². The molecule has 0 amide bonds. The Hall–Kier alpha value is -1.77. The molecule has 78 valence electrons. The summed E-state index contributed by atoms with van der Waals surface area (Å²) in [6.45, 7) is 4.31. The lowest BCUT2D eigenvalue weighted by atomic mass is 10.0. The second-order valence-corrected chi connectivity index (χ2v) is 3.35. The molecule has 0 radical (unpaired) electrons. The van der Waals surface area contributed by atoms with Crippen LogP contribution in [-0.2, 0) is 11.2 Å². The zero-order valence-corrected chi connectivity index (χ0v) is 8.58. The van der Waals surface area contributed by atoms with E-state index < -0.39 is 0 Å². The van der Waals surface area contributed by atoms with Crippen LogP contribution in [0.4, 0.5) is 0 Å². The lowest BCUT2D eigenvalue weighted by Crippen LogP contribution is -2.04. The van der Waals surface area contributed by atoms with E-state index in [9.17, 15) is 4.79 Å². The molecule has 0 atom stereocenters. The molecule has 0 aliphatic carbocycles. The van der Waals surface area contributed by atoms with E-state index in [4.69, 9.17) is 9.47 Å². The van der Waals surface area contributed by atoms with Gasteiger partial charge in [0, 0.05) is 6.42 Å². The second kappa shape index (κ2) is 3.77. The van der Waals surface area contributed by atoms with Gasteiger partial charge in [-0.2, -0.15) is 0 Å². The molecule has 1 aliphatic heterocycles. The van der Waals surface area contributed by atoms with Crippen LogP contribution in [0.25, 0.3) is 6.08 Å². The fourth-order valence-electron chi connectivity index (χ4n) is 1.71. The summed E-state index contributed by atoms with van der Waals surface area (Å²) in [5, 5.41) is 0. The van der Waals surface area contributed by atoms with Crippen molar-refractivity contribution >= 4 is 12.0 Å². The van der Waals surface area contributed by atoms with Crippen molar-refractivity contribution in [2.24, 2.45) is 0 Å². The van der Waals surface area contributed by atoms with Crippen LogP contribution in [0, 0.1) is 0 Å². The zero-order chi connectivity index (χ0) is 10.8. The van der Waals surface area contributed by atoms with E-state index in [0.717, 1.165) is 17.5 Å². The largest absolute Gasteiger partial charge is 0.492 e. The van der Waals surface area contributed by atoms with Crippen molar-refractivity contribution < 1.29 is 14.3 Å². The molecule has 0 unspecified atom stereocenters. The molecule has 3 nitrogen and oxygen atoms in total. The predicted octanol–water partition coefficient (Wildman–Crippen LogP) is 2.05. The number of benzene rings is 1. The first kappa shape index (κ1) is 9.77. The number of esters is 1. The fourth-order valence-corrected chi connectivity index (χ4v) is 1.71.